The fourth-order valence-electron chi connectivity index (χ4n) is 2.63. The average Bonchev–Trinajstić information content (AvgIpc) is 2.89. The van der Waals surface area contributed by atoms with Crippen LogP contribution in [-0.2, 0) is 16.0 Å². The first-order chi connectivity index (χ1) is 10.1. The summed E-state index contributed by atoms with van der Waals surface area (Å²) in [5.41, 5.74) is 6.39. The predicted octanol–water partition coefficient (Wildman–Crippen LogP) is 1.41. The number of carbonyl (C=O) groups is 1. The van der Waals surface area contributed by atoms with Gasteiger partial charge in [0, 0.05) is 25.6 Å². The van der Waals surface area contributed by atoms with Gasteiger partial charge in [-0.1, -0.05) is 12.1 Å². The van der Waals surface area contributed by atoms with Crippen LogP contribution in [0.15, 0.2) is 24.3 Å². The number of fused-ring (bicyclic) bond motifs is 1. The molecule has 1 fully saturated rings. The summed E-state index contributed by atoms with van der Waals surface area (Å²) in [5.74, 6) is -0.383. The summed E-state index contributed by atoms with van der Waals surface area (Å²) >= 11 is 1.74. The monoisotopic (exact) mass is 305 g/mol. The molecule has 0 unspecified atom stereocenters. The molecule has 2 heterocycles. The fraction of sp³-hybridized carbons (Fsp3) is 0.467. The third-order valence-corrected chi connectivity index (χ3v) is 4.91. The lowest BCUT2D eigenvalue weighted by atomic mass is 10.1. The fourth-order valence-corrected chi connectivity index (χ4v) is 3.72. The van der Waals surface area contributed by atoms with E-state index in [1.54, 1.807) is 11.3 Å². The van der Waals surface area contributed by atoms with Gasteiger partial charge in [0.25, 0.3) is 0 Å². The van der Waals surface area contributed by atoms with E-state index in [4.69, 9.17) is 10.5 Å². The molecule has 1 saturated heterocycles. The van der Waals surface area contributed by atoms with E-state index in [1.807, 2.05) is 18.2 Å². The molecule has 1 aliphatic rings. The third-order valence-electron chi connectivity index (χ3n) is 3.85. The Morgan fingerprint density at radius 2 is 2.38 bits per heavy atom. The summed E-state index contributed by atoms with van der Waals surface area (Å²) in [7, 11) is 0. The quantitative estimate of drug-likeness (QED) is 0.927. The third kappa shape index (κ3) is 3.23. The van der Waals surface area contributed by atoms with Crippen LogP contribution in [0.3, 0.4) is 0 Å². The Labute approximate surface area is 127 Å². The van der Waals surface area contributed by atoms with Gasteiger partial charge in [-0.2, -0.15) is 0 Å². The van der Waals surface area contributed by atoms with Crippen LogP contribution in [0.5, 0.6) is 0 Å². The Morgan fingerprint density at radius 3 is 3.14 bits per heavy atom. The van der Waals surface area contributed by atoms with Crippen LogP contribution < -0.4 is 5.73 Å². The molecule has 1 amide bonds. The highest BCUT2D eigenvalue weighted by Crippen LogP contribution is 2.23. The van der Waals surface area contributed by atoms with Crippen molar-refractivity contribution in [1.82, 2.24) is 9.88 Å². The highest BCUT2D eigenvalue weighted by Gasteiger charge is 2.27. The molecule has 1 aromatic carbocycles. The zero-order valence-electron chi connectivity index (χ0n) is 12.0. The van der Waals surface area contributed by atoms with Gasteiger partial charge in [-0.15, -0.1) is 11.3 Å². The van der Waals surface area contributed by atoms with Crippen LogP contribution in [-0.4, -0.2) is 47.6 Å². The highest BCUT2D eigenvalue weighted by atomic mass is 32.1. The molecule has 0 saturated carbocycles. The van der Waals surface area contributed by atoms with Crippen molar-refractivity contribution in [3.8, 4) is 0 Å². The van der Waals surface area contributed by atoms with E-state index in [0.29, 0.717) is 19.2 Å². The molecule has 0 bridgehead atoms. The van der Waals surface area contributed by atoms with Crippen LogP contribution in [0.2, 0.25) is 0 Å². The number of amides is 1. The number of nitrogens with zero attached hydrogens (tertiary/aromatic N) is 2. The zero-order valence-corrected chi connectivity index (χ0v) is 12.8. The second-order valence-electron chi connectivity index (χ2n) is 5.39. The number of rotatable bonds is 4. The van der Waals surface area contributed by atoms with E-state index < -0.39 is 6.10 Å². The van der Waals surface area contributed by atoms with Gasteiger partial charge in [-0.25, -0.2) is 4.98 Å². The van der Waals surface area contributed by atoms with E-state index in [2.05, 4.69) is 22.9 Å². The molecule has 2 atom stereocenters. The molecule has 112 valence electrons. The normalized spacial score (nSPS) is 21.5. The average molecular weight is 305 g/mol. The van der Waals surface area contributed by atoms with Crippen molar-refractivity contribution in [3.63, 3.8) is 0 Å². The SMILES string of the molecule is C[C@@H](Cc1nc2ccccc2s1)N1CCO[C@H](C(N)=O)C1. The first-order valence-electron chi connectivity index (χ1n) is 7.13. The lowest BCUT2D eigenvalue weighted by Crippen LogP contribution is -2.51. The van der Waals surface area contributed by atoms with Gasteiger partial charge in [0.2, 0.25) is 5.91 Å². The number of aromatic nitrogens is 1. The Balaban J connectivity index is 1.67. The number of morpholine rings is 1. The summed E-state index contributed by atoms with van der Waals surface area (Å²) in [6.45, 7) is 4.12. The summed E-state index contributed by atoms with van der Waals surface area (Å²) in [4.78, 5) is 18.2. The molecule has 2 N–H and O–H groups in total. The Hall–Kier alpha value is -1.50. The second kappa shape index (κ2) is 6.09. The molecule has 3 rings (SSSR count). The summed E-state index contributed by atoms with van der Waals surface area (Å²) in [6, 6.07) is 8.50. The van der Waals surface area contributed by atoms with Crippen molar-refractivity contribution in [2.75, 3.05) is 19.7 Å². The maximum atomic E-state index is 11.3. The summed E-state index contributed by atoms with van der Waals surface area (Å²) in [6.07, 6.45) is 0.391. The number of ether oxygens (including phenoxy) is 1. The van der Waals surface area contributed by atoms with Crippen LogP contribution in [0.1, 0.15) is 11.9 Å². The van der Waals surface area contributed by atoms with Gasteiger partial charge in [-0.3, -0.25) is 9.69 Å². The molecule has 21 heavy (non-hydrogen) atoms. The molecule has 6 heteroatoms. The van der Waals surface area contributed by atoms with Crippen LogP contribution >= 0.6 is 11.3 Å². The zero-order chi connectivity index (χ0) is 14.8. The number of benzene rings is 1. The molecule has 0 aliphatic carbocycles. The van der Waals surface area contributed by atoms with Crippen LogP contribution in [0.4, 0.5) is 0 Å². The van der Waals surface area contributed by atoms with Crippen molar-refractivity contribution in [3.05, 3.63) is 29.3 Å². The number of primary amides is 1. The van der Waals surface area contributed by atoms with Gasteiger partial charge in [-0.05, 0) is 19.1 Å². The molecule has 0 spiro atoms. The Morgan fingerprint density at radius 1 is 1.57 bits per heavy atom. The summed E-state index contributed by atoms with van der Waals surface area (Å²) < 4.78 is 6.61. The second-order valence-corrected chi connectivity index (χ2v) is 6.50. The van der Waals surface area contributed by atoms with Gasteiger partial charge in [0.1, 0.15) is 6.10 Å². The minimum absolute atomic E-state index is 0.316. The van der Waals surface area contributed by atoms with E-state index in [1.165, 1.54) is 4.70 Å². The molecule has 2 aromatic rings. The van der Waals surface area contributed by atoms with Gasteiger partial charge >= 0.3 is 0 Å². The van der Waals surface area contributed by atoms with Gasteiger partial charge in [0.15, 0.2) is 0 Å². The van der Waals surface area contributed by atoms with E-state index in [0.717, 1.165) is 23.5 Å². The lowest BCUT2D eigenvalue weighted by molar-refractivity contribution is -0.136. The predicted molar refractivity (Wildman–Crippen MR) is 83.3 cm³/mol. The smallest absolute Gasteiger partial charge is 0.247 e. The maximum absolute atomic E-state index is 11.3. The van der Waals surface area contributed by atoms with E-state index >= 15 is 0 Å². The van der Waals surface area contributed by atoms with Gasteiger partial charge < -0.3 is 10.5 Å². The molecular weight excluding hydrogens is 286 g/mol. The summed E-state index contributed by atoms with van der Waals surface area (Å²) in [5, 5.41) is 1.13. The minimum Gasteiger partial charge on any atom is -0.367 e. The topological polar surface area (TPSA) is 68.5 Å². The van der Waals surface area contributed by atoms with E-state index in [9.17, 15) is 4.79 Å². The van der Waals surface area contributed by atoms with Crippen LogP contribution in [0.25, 0.3) is 10.2 Å². The van der Waals surface area contributed by atoms with Crippen molar-refractivity contribution in [2.24, 2.45) is 5.73 Å². The largest absolute Gasteiger partial charge is 0.367 e. The lowest BCUT2D eigenvalue weighted by Gasteiger charge is -2.35. The highest BCUT2D eigenvalue weighted by molar-refractivity contribution is 7.18. The molecule has 5 nitrogen and oxygen atoms in total. The van der Waals surface area contributed by atoms with Crippen molar-refractivity contribution < 1.29 is 9.53 Å². The first kappa shape index (κ1) is 14.4. The van der Waals surface area contributed by atoms with Crippen molar-refractivity contribution in [1.29, 1.82) is 0 Å². The maximum Gasteiger partial charge on any atom is 0.247 e. The number of hydrogen-bond donors (Lipinski definition) is 1. The van der Waals surface area contributed by atoms with Crippen molar-refractivity contribution >= 4 is 27.5 Å². The molecule has 0 radical (unpaired) electrons. The van der Waals surface area contributed by atoms with Crippen molar-refractivity contribution in [2.45, 2.75) is 25.5 Å². The Bertz CT molecular complexity index is 610. The minimum atomic E-state index is -0.489. The molecule has 1 aromatic heterocycles. The number of carbonyl (C=O) groups excluding carboxylic acids is 1. The number of thiazole rings is 1. The van der Waals surface area contributed by atoms with Gasteiger partial charge in [0.05, 0.1) is 21.8 Å². The number of hydrogen-bond acceptors (Lipinski definition) is 5. The molecule has 1 aliphatic heterocycles. The number of para-hydroxylation sites is 1. The van der Waals surface area contributed by atoms with Crippen LogP contribution in [0, 0.1) is 0 Å². The Kier molecular flexibility index (Phi) is 4.19. The molecular formula is C15H19N3O2S. The first-order valence-corrected chi connectivity index (χ1v) is 7.94. The van der Waals surface area contributed by atoms with E-state index in [-0.39, 0.29) is 5.91 Å². The standard InChI is InChI=1S/C15H19N3O2S/c1-10(18-6-7-20-12(9-18)15(16)19)8-14-17-11-4-2-3-5-13(11)21-14/h2-5,10,12H,6-9H2,1H3,(H2,16,19)/t10-,12-/m0/s1. The number of nitrogens with two attached hydrogens (primary N) is 1.